The molecule has 0 fully saturated rings. The second-order valence-corrected chi connectivity index (χ2v) is 9.59. The van der Waals surface area contributed by atoms with Crippen molar-refractivity contribution in [3.8, 4) is 0 Å². The van der Waals surface area contributed by atoms with Crippen molar-refractivity contribution in [3.63, 3.8) is 0 Å². The summed E-state index contributed by atoms with van der Waals surface area (Å²) < 4.78 is 4.83. The van der Waals surface area contributed by atoms with Gasteiger partial charge in [0.2, 0.25) is 5.95 Å². The molecule has 0 N–H and O–H groups in total. The molecule has 2 aromatic carbocycles. The Balaban J connectivity index is 1.60. The Hall–Kier alpha value is -3.32. The molecule has 8 heteroatoms. The van der Waals surface area contributed by atoms with E-state index in [9.17, 15) is 9.59 Å². The summed E-state index contributed by atoms with van der Waals surface area (Å²) in [5.41, 5.74) is 3.40. The highest BCUT2D eigenvalue weighted by atomic mass is 35.5. The molecule has 0 radical (unpaired) electrons. The van der Waals surface area contributed by atoms with Gasteiger partial charge in [0, 0.05) is 37.4 Å². The third-order valence-electron chi connectivity index (χ3n) is 6.66. The molecular formula is C26H28ClN5O2. The first-order chi connectivity index (χ1) is 16.4. The van der Waals surface area contributed by atoms with Crippen LogP contribution in [0.5, 0.6) is 0 Å². The van der Waals surface area contributed by atoms with Crippen LogP contribution in [-0.2, 0) is 26.6 Å². The molecule has 0 bridgehead atoms. The molecule has 1 aliphatic heterocycles. The van der Waals surface area contributed by atoms with Crippen molar-refractivity contribution < 1.29 is 0 Å². The van der Waals surface area contributed by atoms with E-state index in [1.807, 2.05) is 47.9 Å². The van der Waals surface area contributed by atoms with Crippen LogP contribution in [0.1, 0.15) is 24.5 Å². The molecule has 7 nitrogen and oxygen atoms in total. The zero-order valence-electron chi connectivity index (χ0n) is 19.7. The van der Waals surface area contributed by atoms with E-state index < -0.39 is 0 Å². The number of hydrogen-bond acceptors (Lipinski definition) is 4. The number of rotatable bonds is 5. The Morgan fingerprint density at radius 3 is 2.59 bits per heavy atom. The number of aromatic nitrogens is 4. The van der Waals surface area contributed by atoms with Crippen molar-refractivity contribution in [1.82, 2.24) is 18.7 Å². The van der Waals surface area contributed by atoms with Gasteiger partial charge in [0.05, 0.1) is 0 Å². The van der Waals surface area contributed by atoms with Crippen LogP contribution in [0.2, 0.25) is 5.02 Å². The molecule has 1 aliphatic rings. The fraction of sp³-hybridized carbons (Fsp3) is 0.346. The Kier molecular flexibility index (Phi) is 5.81. The van der Waals surface area contributed by atoms with E-state index in [0.717, 1.165) is 24.2 Å². The van der Waals surface area contributed by atoms with E-state index in [0.29, 0.717) is 41.6 Å². The lowest BCUT2D eigenvalue weighted by atomic mass is 10.1. The molecule has 2 aromatic heterocycles. The minimum absolute atomic E-state index is 0.276. The summed E-state index contributed by atoms with van der Waals surface area (Å²) in [6, 6.07) is 15.9. The number of aryl methyl sites for hydroxylation is 2. The lowest BCUT2D eigenvalue weighted by molar-refractivity contribution is 0.457. The van der Waals surface area contributed by atoms with Crippen LogP contribution in [0.25, 0.3) is 11.2 Å². The molecule has 5 rings (SSSR count). The van der Waals surface area contributed by atoms with Gasteiger partial charge in [0.1, 0.15) is 0 Å². The third-order valence-corrected chi connectivity index (χ3v) is 7.07. The Labute approximate surface area is 202 Å². The van der Waals surface area contributed by atoms with Crippen molar-refractivity contribution in [3.05, 3.63) is 85.5 Å². The molecule has 0 spiro atoms. The van der Waals surface area contributed by atoms with Crippen LogP contribution in [0.3, 0.4) is 0 Å². The van der Waals surface area contributed by atoms with Crippen LogP contribution < -0.4 is 16.1 Å². The molecule has 0 saturated carbocycles. The van der Waals surface area contributed by atoms with Gasteiger partial charge < -0.3 is 9.47 Å². The molecule has 0 saturated heterocycles. The molecule has 0 unspecified atom stereocenters. The normalized spacial score (nSPS) is 15.6. The minimum Gasteiger partial charge on any atom is -0.311 e. The fourth-order valence-electron chi connectivity index (χ4n) is 4.88. The van der Waals surface area contributed by atoms with Gasteiger partial charge in [-0.3, -0.25) is 13.9 Å². The summed E-state index contributed by atoms with van der Waals surface area (Å²) in [5.74, 6) is 0.957. The zero-order valence-corrected chi connectivity index (χ0v) is 20.4. The highest BCUT2D eigenvalue weighted by molar-refractivity contribution is 6.31. The molecule has 34 heavy (non-hydrogen) atoms. The first-order valence-corrected chi connectivity index (χ1v) is 12.0. The second kappa shape index (κ2) is 8.80. The zero-order chi connectivity index (χ0) is 24.0. The van der Waals surface area contributed by atoms with Crippen molar-refractivity contribution in [2.75, 3.05) is 11.4 Å². The molecular weight excluding hydrogens is 450 g/mol. The largest absolute Gasteiger partial charge is 0.332 e. The standard InChI is InChI=1S/C26H28ClN5O2/c1-17-15-31(21-13-7-12-20(27)18(21)2)25-28-23-22(32(25)16-17)24(33)30(26(34)29(23)3)14-8-11-19-9-5-4-6-10-19/h4-7,9-10,12-13,17H,8,11,14-16H2,1-3H3/t17-/m0/s1. The summed E-state index contributed by atoms with van der Waals surface area (Å²) in [7, 11) is 1.69. The Morgan fingerprint density at radius 2 is 1.82 bits per heavy atom. The average Bonchev–Trinajstić information content (AvgIpc) is 3.21. The fourth-order valence-corrected chi connectivity index (χ4v) is 5.05. The predicted molar refractivity (Wildman–Crippen MR) is 136 cm³/mol. The van der Waals surface area contributed by atoms with Crippen molar-refractivity contribution in [2.45, 2.75) is 39.8 Å². The summed E-state index contributed by atoms with van der Waals surface area (Å²) in [5, 5.41) is 0.687. The van der Waals surface area contributed by atoms with Crippen molar-refractivity contribution in [1.29, 1.82) is 0 Å². The van der Waals surface area contributed by atoms with Gasteiger partial charge in [-0.2, -0.15) is 4.98 Å². The van der Waals surface area contributed by atoms with E-state index in [1.165, 1.54) is 14.7 Å². The van der Waals surface area contributed by atoms with Crippen molar-refractivity contribution in [2.24, 2.45) is 13.0 Å². The SMILES string of the molecule is Cc1c(Cl)cccc1N1C[C@H](C)Cn2c1nc1c2c(=O)n(CCCc2ccccc2)c(=O)n1C. The Bertz CT molecular complexity index is 1490. The van der Waals surface area contributed by atoms with Gasteiger partial charge >= 0.3 is 5.69 Å². The van der Waals surface area contributed by atoms with Crippen LogP contribution in [0, 0.1) is 12.8 Å². The maximum absolute atomic E-state index is 13.6. The van der Waals surface area contributed by atoms with Crippen LogP contribution in [0.15, 0.2) is 58.1 Å². The lowest BCUT2D eigenvalue weighted by Crippen LogP contribution is -2.40. The summed E-state index contributed by atoms with van der Waals surface area (Å²) in [6.07, 6.45) is 1.51. The lowest BCUT2D eigenvalue weighted by Gasteiger charge is -2.34. The molecule has 0 aliphatic carbocycles. The molecule has 1 atom stereocenters. The van der Waals surface area contributed by atoms with Crippen LogP contribution in [-0.4, -0.2) is 25.2 Å². The second-order valence-electron chi connectivity index (χ2n) is 9.18. The van der Waals surface area contributed by atoms with Gasteiger partial charge in [-0.25, -0.2) is 4.79 Å². The number of imidazole rings is 1. The monoisotopic (exact) mass is 477 g/mol. The molecule has 3 heterocycles. The predicted octanol–water partition coefficient (Wildman–Crippen LogP) is 4.28. The van der Waals surface area contributed by atoms with Crippen LogP contribution in [0.4, 0.5) is 11.6 Å². The number of benzene rings is 2. The molecule has 4 aromatic rings. The third kappa shape index (κ3) is 3.74. The van der Waals surface area contributed by atoms with Gasteiger partial charge in [-0.05, 0) is 48.9 Å². The highest BCUT2D eigenvalue weighted by Crippen LogP contribution is 2.36. The van der Waals surface area contributed by atoms with E-state index in [4.69, 9.17) is 16.6 Å². The maximum Gasteiger partial charge on any atom is 0.332 e. The van der Waals surface area contributed by atoms with Gasteiger partial charge in [-0.15, -0.1) is 0 Å². The quantitative estimate of drug-likeness (QED) is 0.430. The van der Waals surface area contributed by atoms with E-state index in [1.54, 1.807) is 7.05 Å². The van der Waals surface area contributed by atoms with Crippen LogP contribution >= 0.6 is 11.6 Å². The van der Waals surface area contributed by atoms with Crippen molar-refractivity contribution >= 4 is 34.4 Å². The van der Waals surface area contributed by atoms with Gasteiger partial charge in [0.15, 0.2) is 11.2 Å². The Morgan fingerprint density at radius 1 is 1.06 bits per heavy atom. The first kappa shape index (κ1) is 22.5. The summed E-state index contributed by atoms with van der Waals surface area (Å²) in [6.45, 7) is 5.92. The van der Waals surface area contributed by atoms with Gasteiger partial charge in [0.25, 0.3) is 5.56 Å². The number of hydrogen-bond donors (Lipinski definition) is 0. The van der Waals surface area contributed by atoms with E-state index in [-0.39, 0.29) is 17.2 Å². The highest BCUT2D eigenvalue weighted by Gasteiger charge is 2.30. The van der Waals surface area contributed by atoms with E-state index in [2.05, 4.69) is 24.0 Å². The minimum atomic E-state index is -0.334. The average molecular weight is 478 g/mol. The number of nitrogens with zero attached hydrogens (tertiary/aromatic N) is 5. The first-order valence-electron chi connectivity index (χ1n) is 11.6. The smallest absolute Gasteiger partial charge is 0.311 e. The molecule has 0 amide bonds. The topological polar surface area (TPSA) is 65.1 Å². The number of fused-ring (bicyclic) bond motifs is 3. The summed E-state index contributed by atoms with van der Waals surface area (Å²) >= 11 is 6.41. The maximum atomic E-state index is 13.6. The molecule has 176 valence electrons. The summed E-state index contributed by atoms with van der Waals surface area (Å²) in [4.78, 5) is 33.6. The number of anilines is 2. The van der Waals surface area contributed by atoms with E-state index >= 15 is 0 Å². The van der Waals surface area contributed by atoms with Gasteiger partial charge in [-0.1, -0.05) is 54.9 Å². The number of halogens is 1.